The van der Waals surface area contributed by atoms with Crippen LogP contribution in [0.15, 0.2) is 60.8 Å². The number of aromatic nitrogens is 2. The molecule has 0 atom stereocenters. The highest BCUT2D eigenvalue weighted by Crippen LogP contribution is 2.38. The summed E-state index contributed by atoms with van der Waals surface area (Å²) in [7, 11) is 5.60. The molecule has 172 valence electrons. The van der Waals surface area contributed by atoms with Crippen molar-refractivity contribution >= 4 is 34.7 Å². The van der Waals surface area contributed by atoms with Crippen LogP contribution in [0.2, 0.25) is 0 Å². The molecule has 1 aliphatic rings. The molecule has 32 heavy (non-hydrogen) atoms. The third kappa shape index (κ3) is 5.44. The third-order valence-corrected chi connectivity index (χ3v) is 4.66. The summed E-state index contributed by atoms with van der Waals surface area (Å²) < 4.78 is 0. The van der Waals surface area contributed by atoms with Gasteiger partial charge in [0.1, 0.15) is 5.69 Å². The molecule has 0 aliphatic carbocycles. The Bertz CT molecular complexity index is 975. The molecule has 0 unspecified atom stereocenters. The monoisotopic (exact) mass is 435 g/mol. The van der Waals surface area contributed by atoms with Crippen LogP contribution < -0.4 is 14.7 Å². The molecule has 0 N–H and O–H groups in total. The first kappa shape index (κ1) is 26.6. The number of hydrogen-bond donors (Lipinski definition) is 0. The van der Waals surface area contributed by atoms with Crippen molar-refractivity contribution in [1.82, 2.24) is 9.97 Å². The number of hydrogen-bond acceptors (Lipinski definition) is 5. The summed E-state index contributed by atoms with van der Waals surface area (Å²) in [6, 6.07) is 17.5. The zero-order chi connectivity index (χ0) is 24.3. The maximum absolute atomic E-state index is 12.8. The summed E-state index contributed by atoms with van der Waals surface area (Å²) in [5.41, 5.74) is 3.15. The molecule has 1 aromatic heterocycles. The molecule has 4 rings (SSSR count). The SMILES string of the molecule is CC.CC.CC.CN1C(=O)c2ccccc2N(C)c2nc(N(C)c3ccccc3)ncc21. The predicted octanol–water partition coefficient (Wildman–Crippen LogP) is 6.68. The average Bonchev–Trinajstić information content (AvgIpc) is 2.97. The first-order valence-corrected chi connectivity index (χ1v) is 11.3. The van der Waals surface area contributed by atoms with Crippen LogP contribution in [0.25, 0.3) is 0 Å². The van der Waals surface area contributed by atoms with Crippen molar-refractivity contribution in [3.05, 3.63) is 66.4 Å². The highest BCUT2D eigenvalue weighted by Gasteiger charge is 2.29. The number of rotatable bonds is 2. The first-order valence-electron chi connectivity index (χ1n) is 11.3. The summed E-state index contributed by atoms with van der Waals surface area (Å²) in [5.74, 6) is 1.19. The first-order chi connectivity index (χ1) is 15.6. The highest BCUT2D eigenvalue weighted by atomic mass is 16.2. The van der Waals surface area contributed by atoms with Crippen molar-refractivity contribution in [3.8, 4) is 0 Å². The number of amides is 1. The molecule has 0 saturated heterocycles. The summed E-state index contributed by atoms with van der Waals surface area (Å²) in [6.07, 6.45) is 1.71. The summed E-state index contributed by atoms with van der Waals surface area (Å²) in [4.78, 5) is 27.5. The molecule has 2 aromatic carbocycles. The van der Waals surface area contributed by atoms with E-state index in [0.717, 1.165) is 11.4 Å². The molecule has 2 heterocycles. The second-order valence-electron chi connectivity index (χ2n) is 6.21. The predicted molar refractivity (Wildman–Crippen MR) is 138 cm³/mol. The number of carbonyl (C=O) groups excluding carboxylic acids is 1. The van der Waals surface area contributed by atoms with Crippen molar-refractivity contribution in [2.24, 2.45) is 0 Å². The maximum Gasteiger partial charge on any atom is 0.260 e. The Kier molecular flexibility index (Phi) is 10.9. The molecule has 1 aliphatic heterocycles. The third-order valence-electron chi connectivity index (χ3n) is 4.66. The van der Waals surface area contributed by atoms with Gasteiger partial charge in [0, 0.05) is 26.8 Å². The van der Waals surface area contributed by atoms with Gasteiger partial charge < -0.3 is 14.7 Å². The Morgan fingerprint density at radius 2 is 1.31 bits per heavy atom. The zero-order valence-corrected chi connectivity index (χ0v) is 20.9. The van der Waals surface area contributed by atoms with Crippen molar-refractivity contribution in [3.63, 3.8) is 0 Å². The Labute approximate surface area is 193 Å². The van der Waals surface area contributed by atoms with E-state index in [9.17, 15) is 4.79 Å². The van der Waals surface area contributed by atoms with Gasteiger partial charge in [0.15, 0.2) is 5.82 Å². The fourth-order valence-corrected chi connectivity index (χ4v) is 3.12. The van der Waals surface area contributed by atoms with Crippen LogP contribution in [0.4, 0.5) is 28.8 Å². The van der Waals surface area contributed by atoms with Gasteiger partial charge in [-0.05, 0) is 24.3 Å². The van der Waals surface area contributed by atoms with Gasteiger partial charge in [0.2, 0.25) is 5.95 Å². The quantitative estimate of drug-likeness (QED) is 0.449. The number of carbonyl (C=O) groups is 1. The molecule has 1 amide bonds. The van der Waals surface area contributed by atoms with Gasteiger partial charge in [-0.25, -0.2) is 4.98 Å². The van der Waals surface area contributed by atoms with E-state index in [2.05, 4.69) is 4.98 Å². The van der Waals surface area contributed by atoms with E-state index < -0.39 is 0 Å². The van der Waals surface area contributed by atoms with Crippen LogP contribution in [0.1, 0.15) is 51.9 Å². The average molecular weight is 436 g/mol. The van der Waals surface area contributed by atoms with Crippen LogP contribution in [0.5, 0.6) is 0 Å². The smallest absolute Gasteiger partial charge is 0.260 e. The molecular formula is C26H37N5O. The van der Waals surface area contributed by atoms with Crippen molar-refractivity contribution in [2.45, 2.75) is 41.5 Å². The van der Waals surface area contributed by atoms with Gasteiger partial charge in [-0.3, -0.25) is 4.79 Å². The van der Waals surface area contributed by atoms with Crippen molar-refractivity contribution in [1.29, 1.82) is 0 Å². The van der Waals surface area contributed by atoms with Crippen LogP contribution in [0, 0.1) is 0 Å². The standard InChI is InChI=1S/C20H19N5O.3C2H6/c1-23(14-9-5-4-6-10-14)20-21-13-17-18(22-20)24(2)16-12-8-7-11-15(16)19(26)25(17)3;3*1-2/h4-13H,1-3H3;3*1-2H3. The molecule has 6 nitrogen and oxygen atoms in total. The molecule has 0 saturated carbocycles. The van der Waals surface area contributed by atoms with Gasteiger partial charge in [-0.2, -0.15) is 4.98 Å². The highest BCUT2D eigenvalue weighted by molar-refractivity contribution is 6.13. The van der Waals surface area contributed by atoms with E-state index in [4.69, 9.17) is 4.98 Å². The number of fused-ring (bicyclic) bond motifs is 2. The molecule has 3 aromatic rings. The Morgan fingerprint density at radius 1 is 0.750 bits per heavy atom. The second kappa shape index (κ2) is 13.1. The largest absolute Gasteiger partial charge is 0.327 e. The maximum atomic E-state index is 12.8. The number of para-hydroxylation sites is 2. The van der Waals surface area contributed by atoms with Gasteiger partial charge in [0.05, 0.1) is 17.4 Å². The van der Waals surface area contributed by atoms with E-state index >= 15 is 0 Å². The number of nitrogens with zero attached hydrogens (tertiary/aromatic N) is 5. The lowest BCUT2D eigenvalue weighted by atomic mass is 10.1. The van der Waals surface area contributed by atoms with Gasteiger partial charge in [-0.1, -0.05) is 71.9 Å². The molecule has 0 fully saturated rings. The van der Waals surface area contributed by atoms with Crippen molar-refractivity contribution < 1.29 is 4.79 Å². The molecule has 0 radical (unpaired) electrons. The molecule has 0 bridgehead atoms. The fraction of sp³-hybridized carbons (Fsp3) is 0.346. The van der Waals surface area contributed by atoms with Crippen LogP contribution in [-0.2, 0) is 0 Å². The number of anilines is 5. The van der Waals surface area contributed by atoms with E-state index in [1.807, 2.05) is 120 Å². The summed E-state index contributed by atoms with van der Waals surface area (Å²) >= 11 is 0. The van der Waals surface area contributed by atoms with Crippen LogP contribution >= 0.6 is 0 Å². The molecule has 6 heteroatoms. The lowest BCUT2D eigenvalue weighted by molar-refractivity contribution is 0.0994. The second-order valence-corrected chi connectivity index (χ2v) is 6.21. The Morgan fingerprint density at radius 3 is 1.94 bits per heavy atom. The minimum atomic E-state index is -0.0704. The minimum absolute atomic E-state index is 0.0704. The van der Waals surface area contributed by atoms with E-state index in [1.165, 1.54) is 0 Å². The molecule has 0 spiro atoms. The topological polar surface area (TPSA) is 52.6 Å². The molecular weight excluding hydrogens is 398 g/mol. The van der Waals surface area contributed by atoms with Crippen LogP contribution in [-0.4, -0.2) is 37.0 Å². The summed E-state index contributed by atoms with van der Waals surface area (Å²) in [5, 5.41) is 0. The van der Waals surface area contributed by atoms with Gasteiger partial charge in [-0.15, -0.1) is 0 Å². The fourth-order valence-electron chi connectivity index (χ4n) is 3.12. The lowest BCUT2D eigenvalue weighted by Gasteiger charge is -2.23. The van der Waals surface area contributed by atoms with Crippen molar-refractivity contribution in [2.75, 3.05) is 35.8 Å². The summed E-state index contributed by atoms with van der Waals surface area (Å²) in [6.45, 7) is 12.0. The van der Waals surface area contributed by atoms with E-state index in [0.29, 0.717) is 23.0 Å². The van der Waals surface area contributed by atoms with E-state index in [1.54, 1.807) is 18.1 Å². The van der Waals surface area contributed by atoms with Gasteiger partial charge >= 0.3 is 0 Å². The minimum Gasteiger partial charge on any atom is -0.327 e. The zero-order valence-electron chi connectivity index (χ0n) is 20.9. The normalized spacial score (nSPS) is 11.2. The lowest BCUT2D eigenvalue weighted by Crippen LogP contribution is -2.26. The van der Waals surface area contributed by atoms with E-state index in [-0.39, 0.29) is 5.91 Å². The van der Waals surface area contributed by atoms with Crippen LogP contribution in [0.3, 0.4) is 0 Å². The Balaban J connectivity index is 0.000000789. The number of benzene rings is 2. The Hall–Kier alpha value is -3.41. The van der Waals surface area contributed by atoms with Gasteiger partial charge in [0.25, 0.3) is 5.91 Å².